The third-order valence-electron chi connectivity index (χ3n) is 2.89. The topological polar surface area (TPSA) is 0 Å². The lowest BCUT2D eigenvalue weighted by Crippen LogP contribution is -1.81. The van der Waals surface area contributed by atoms with Crippen molar-refractivity contribution in [3.05, 3.63) is 0 Å². The van der Waals surface area contributed by atoms with E-state index in [-0.39, 0.29) is 0 Å². The lowest BCUT2D eigenvalue weighted by atomic mass is 10.2. The normalized spacial score (nSPS) is 60.8. The Morgan fingerprint density at radius 1 is 0.875 bits per heavy atom. The van der Waals surface area contributed by atoms with E-state index in [0.717, 1.165) is 23.7 Å². The zero-order valence-electron chi connectivity index (χ0n) is 5.72. The molecular formula is C8H14. The lowest BCUT2D eigenvalue weighted by Gasteiger charge is -1.87. The second-order valence-electron chi connectivity index (χ2n) is 3.75. The van der Waals surface area contributed by atoms with E-state index >= 15 is 0 Å². The van der Waals surface area contributed by atoms with Gasteiger partial charge in [0.25, 0.3) is 0 Å². The number of hydrogen-bond acceptors (Lipinski definition) is 0. The van der Waals surface area contributed by atoms with Crippen LogP contribution in [0.2, 0.25) is 0 Å². The molecule has 4 atom stereocenters. The molecule has 0 N–H and O–H groups in total. The number of rotatable bonds is 1. The molecule has 46 valence electrons. The van der Waals surface area contributed by atoms with Crippen LogP contribution in [-0.2, 0) is 0 Å². The Bertz CT molecular complexity index is 92.6. The van der Waals surface area contributed by atoms with Crippen LogP contribution in [0.4, 0.5) is 0 Å². The van der Waals surface area contributed by atoms with Gasteiger partial charge < -0.3 is 0 Å². The molecule has 2 fully saturated rings. The van der Waals surface area contributed by atoms with E-state index < -0.39 is 0 Å². The Hall–Kier alpha value is 0. The maximum atomic E-state index is 2.38. The first-order valence-corrected chi connectivity index (χ1v) is 3.79. The molecule has 0 aromatic carbocycles. The van der Waals surface area contributed by atoms with E-state index in [1.54, 1.807) is 0 Å². The van der Waals surface area contributed by atoms with Crippen molar-refractivity contribution in [2.24, 2.45) is 23.7 Å². The minimum absolute atomic E-state index is 1.09. The fourth-order valence-corrected chi connectivity index (χ4v) is 1.90. The SMILES string of the molecule is C[C@H]1C[C@H]1[C@@H]1C[C@@H]1C. The van der Waals surface area contributed by atoms with Gasteiger partial charge in [-0.1, -0.05) is 13.8 Å². The Labute approximate surface area is 51.3 Å². The lowest BCUT2D eigenvalue weighted by molar-refractivity contribution is 0.614. The van der Waals surface area contributed by atoms with Gasteiger partial charge in [-0.15, -0.1) is 0 Å². The van der Waals surface area contributed by atoms with Crippen LogP contribution in [0, 0.1) is 23.7 Å². The maximum absolute atomic E-state index is 2.38. The average Bonchev–Trinajstić information content (AvgIpc) is 2.47. The molecule has 0 saturated heterocycles. The average molecular weight is 110 g/mol. The summed E-state index contributed by atoms with van der Waals surface area (Å²) in [5.41, 5.74) is 0. The third-order valence-corrected chi connectivity index (χ3v) is 2.89. The van der Waals surface area contributed by atoms with Gasteiger partial charge in [-0.3, -0.25) is 0 Å². The summed E-state index contributed by atoms with van der Waals surface area (Å²) in [4.78, 5) is 0. The molecular weight excluding hydrogens is 96.1 g/mol. The molecule has 0 aromatic rings. The summed E-state index contributed by atoms with van der Waals surface area (Å²) in [6.07, 6.45) is 3.07. The second-order valence-corrected chi connectivity index (χ2v) is 3.75. The van der Waals surface area contributed by atoms with E-state index in [0.29, 0.717) is 0 Å². The summed E-state index contributed by atoms with van der Waals surface area (Å²) in [5, 5.41) is 0. The molecule has 2 aliphatic carbocycles. The molecule has 2 rings (SSSR count). The van der Waals surface area contributed by atoms with Gasteiger partial charge >= 0.3 is 0 Å². The van der Waals surface area contributed by atoms with Crippen LogP contribution in [0.15, 0.2) is 0 Å². The van der Waals surface area contributed by atoms with Gasteiger partial charge in [0.2, 0.25) is 0 Å². The highest BCUT2D eigenvalue weighted by Gasteiger charge is 2.49. The first kappa shape index (κ1) is 4.84. The van der Waals surface area contributed by atoms with Gasteiger partial charge in [0.1, 0.15) is 0 Å². The summed E-state index contributed by atoms with van der Waals surface area (Å²) in [6.45, 7) is 4.77. The monoisotopic (exact) mass is 110 g/mol. The Balaban J connectivity index is 1.86. The summed E-state index contributed by atoms with van der Waals surface area (Å²) < 4.78 is 0. The maximum Gasteiger partial charge on any atom is -0.0355 e. The minimum Gasteiger partial charge on any atom is -0.0622 e. The molecule has 0 aliphatic heterocycles. The van der Waals surface area contributed by atoms with Crippen molar-refractivity contribution >= 4 is 0 Å². The van der Waals surface area contributed by atoms with Crippen molar-refractivity contribution in [2.75, 3.05) is 0 Å². The van der Waals surface area contributed by atoms with E-state index in [1.807, 2.05) is 0 Å². The highest BCUT2D eigenvalue weighted by Crippen LogP contribution is 2.57. The van der Waals surface area contributed by atoms with Crippen molar-refractivity contribution in [3.8, 4) is 0 Å². The zero-order valence-corrected chi connectivity index (χ0v) is 5.72. The van der Waals surface area contributed by atoms with Crippen LogP contribution in [0.1, 0.15) is 26.7 Å². The molecule has 0 bridgehead atoms. The van der Waals surface area contributed by atoms with Gasteiger partial charge in [-0.2, -0.15) is 0 Å². The predicted molar refractivity (Wildman–Crippen MR) is 34.5 cm³/mol. The Kier molecular flexibility index (Phi) is 0.778. The molecule has 0 amide bonds. The molecule has 0 heteroatoms. The van der Waals surface area contributed by atoms with E-state index in [2.05, 4.69) is 13.8 Å². The zero-order chi connectivity index (χ0) is 5.72. The Morgan fingerprint density at radius 2 is 1.12 bits per heavy atom. The molecule has 2 saturated carbocycles. The standard InChI is InChI=1S/C8H14/c1-5-3-7(5)8-4-6(8)2/h5-8H,3-4H2,1-2H3/t5-,6-,7+,8+/m0/s1. The first-order chi connectivity index (χ1) is 3.79. The van der Waals surface area contributed by atoms with Crippen LogP contribution in [0.5, 0.6) is 0 Å². The molecule has 0 nitrogen and oxygen atoms in total. The molecule has 0 heterocycles. The van der Waals surface area contributed by atoms with Gasteiger partial charge in [-0.05, 0) is 36.5 Å². The summed E-state index contributed by atoms with van der Waals surface area (Å²) in [7, 11) is 0. The fourth-order valence-electron chi connectivity index (χ4n) is 1.90. The van der Waals surface area contributed by atoms with Crippen LogP contribution in [-0.4, -0.2) is 0 Å². The van der Waals surface area contributed by atoms with E-state index in [1.165, 1.54) is 12.8 Å². The number of hydrogen-bond donors (Lipinski definition) is 0. The fraction of sp³-hybridized carbons (Fsp3) is 1.00. The summed E-state index contributed by atoms with van der Waals surface area (Å²) in [6, 6.07) is 0. The van der Waals surface area contributed by atoms with Crippen LogP contribution in [0.25, 0.3) is 0 Å². The summed E-state index contributed by atoms with van der Waals surface area (Å²) in [5.74, 6) is 4.49. The summed E-state index contributed by atoms with van der Waals surface area (Å²) >= 11 is 0. The largest absolute Gasteiger partial charge is 0.0622 e. The van der Waals surface area contributed by atoms with Gasteiger partial charge in [0, 0.05) is 0 Å². The quantitative estimate of drug-likeness (QED) is 0.486. The highest BCUT2D eigenvalue weighted by atomic mass is 14.5. The van der Waals surface area contributed by atoms with Gasteiger partial charge in [0.15, 0.2) is 0 Å². The second kappa shape index (κ2) is 1.29. The molecule has 0 aromatic heterocycles. The third kappa shape index (κ3) is 0.586. The van der Waals surface area contributed by atoms with Crippen molar-refractivity contribution in [2.45, 2.75) is 26.7 Å². The van der Waals surface area contributed by atoms with Gasteiger partial charge in [-0.25, -0.2) is 0 Å². The molecule has 0 unspecified atom stereocenters. The van der Waals surface area contributed by atoms with Crippen molar-refractivity contribution < 1.29 is 0 Å². The van der Waals surface area contributed by atoms with Crippen molar-refractivity contribution in [3.63, 3.8) is 0 Å². The molecule has 8 heavy (non-hydrogen) atoms. The molecule has 2 aliphatic rings. The van der Waals surface area contributed by atoms with Gasteiger partial charge in [0.05, 0.1) is 0 Å². The first-order valence-electron chi connectivity index (χ1n) is 3.79. The highest BCUT2D eigenvalue weighted by molar-refractivity contribution is 4.98. The van der Waals surface area contributed by atoms with E-state index in [9.17, 15) is 0 Å². The molecule has 0 radical (unpaired) electrons. The Morgan fingerprint density at radius 3 is 1.25 bits per heavy atom. The predicted octanol–water partition coefficient (Wildman–Crippen LogP) is 2.30. The van der Waals surface area contributed by atoms with Crippen molar-refractivity contribution in [1.82, 2.24) is 0 Å². The van der Waals surface area contributed by atoms with Crippen LogP contribution in [0.3, 0.4) is 0 Å². The smallest absolute Gasteiger partial charge is 0.0355 e. The van der Waals surface area contributed by atoms with Crippen molar-refractivity contribution in [1.29, 1.82) is 0 Å². The molecule has 0 spiro atoms. The van der Waals surface area contributed by atoms with Crippen LogP contribution >= 0.6 is 0 Å². The van der Waals surface area contributed by atoms with E-state index in [4.69, 9.17) is 0 Å². The minimum atomic E-state index is 1.09. The van der Waals surface area contributed by atoms with Crippen LogP contribution < -0.4 is 0 Å².